The molecule has 0 N–H and O–H groups in total. The summed E-state index contributed by atoms with van der Waals surface area (Å²) in [5.41, 5.74) is -0.217. The average Bonchev–Trinajstić information content (AvgIpc) is 3.01. The summed E-state index contributed by atoms with van der Waals surface area (Å²) in [6.07, 6.45) is 0.488. The average molecular weight is 268 g/mol. The highest BCUT2D eigenvalue weighted by Gasteiger charge is 2.61. The Morgan fingerprint density at radius 3 is 2.47 bits per heavy atom. The van der Waals surface area contributed by atoms with Gasteiger partial charge in [0.1, 0.15) is 6.29 Å². The Morgan fingerprint density at radius 2 is 2.00 bits per heavy atom. The van der Waals surface area contributed by atoms with Crippen LogP contribution in [0.4, 0.5) is 13.2 Å². The number of alkyl halides is 3. The molecule has 2 fully saturated rings. The van der Waals surface area contributed by atoms with Crippen LogP contribution in [-0.4, -0.2) is 6.29 Å². The number of halogens is 3. The largest absolute Gasteiger partial charge is 0.416 e. The van der Waals surface area contributed by atoms with E-state index in [-0.39, 0.29) is 11.3 Å². The van der Waals surface area contributed by atoms with Gasteiger partial charge in [-0.25, -0.2) is 0 Å². The van der Waals surface area contributed by atoms with Crippen LogP contribution < -0.4 is 0 Å². The van der Waals surface area contributed by atoms with E-state index in [4.69, 9.17) is 0 Å². The maximum Gasteiger partial charge on any atom is 0.416 e. The number of hydrogen-bond donors (Lipinski definition) is 0. The number of carbonyl (C=O) groups is 1. The molecule has 0 amide bonds. The second kappa shape index (κ2) is 4.09. The normalized spacial score (nSPS) is 30.8. The lowest BCUT2D eigenvalue weighted by Crippen LogP contribution is -2.29. The van der Waals surface area contributed by atoms with Crippen LogP contribution in [0.25, 0.3) is 0 Å². The first-order valence-corrected chi connectivity index (χ1v) is 6.61. The molecule has 102 valence electrons. The Bertz CT molecular complexity index is 504. The van der Waals surface area contributed by atoms with Crippen molar-refractivity contribution in [3.63, 3.8) is 0 Å². The Labute approximate surface area is 109 Å². The van der Waals surface area contributed by atoms with Gasteiger partial charge in [-0.1, -0.05) is 24.6 Å². The van der Waals surface area contributed by atoms with Crippen LogP contribution >= 0.6 is 0 Å². The second-order valence-corrected chi connectivity index (χ2v) is 5.69. The lowest BCUT2D eigenvalue weighted by Gasteiger charge is -2.35. The molecular weight excluding hydrogens is 253 g/mol. The van der Waals surface area contributed by atoms with Gasteiger partial charge in [0, 0.05) is 11.3 Å². The highest BCUT2D eigenvalue weighted by molar-refractivity contribution is 5.65. The molecule has 1 aromatic rings. The van der Waals surface area contributed by atoms with Crippen LogP contribution in [0.15, 0.2) is 24.3 Å². The summed E-state index contributed by atoms with van der Waals surface area (Å²) < 4.78 is 38.3. The summed E-state index contributed by atoms with van der Waals surface area (Å²) in [6.45, 7) is 0. The summed E-state index contributed by atoms with van der Waals surface area (Å²) in [7, 11) is 0. The lowest BCUT2D eigenvalue weighted by molar-refractivity contribution is -0.137. The van der Waals surface area contributed by atoms with E-state index in [1.54, 1.807) is 6.07 Å². The number of benzene rings is 1. The van der Waals surface area contributed by atoms with E-state index < -0.39 is 11.7 Å². The quantitative estimate of drug-likeness (QED) is 0.758. The fourth-order valence-electron chi connectivity index (χ4n) is 3.42. The summed E-state index contributed by atoms with van der Waals surface area (Å²) in [4.78, 5) is 11.1. The van der Waals surface area contributed by atoms with Crippen molar-refractivity contribution in [1.29, 1.82) is 0 Å². The minimum absolute atomic E-state index is 0.0960. The van der Waals surface area contributed by atoms with E-state index in [9.17, 15) is 18.0 Å². The molecule has 0 aromatic heterocycles. The topological polar surface area (TPSA) is 17.1 Å². The zero-order valence-electron chi connectivity index (χ0n) is 10.4. The number of carbonyl (C=O) groups excluding carboxylic acids is 1. The maximum absolute atomic E-state index is 12.8. The Hall–Kier alpha value is -1.32. The molecule has 2 saturated carbocycles. The van der Waals surface area contributed by atoms with Crippen LogP contribution in [0.2, 0.25) is 0 Å². The number of hydrogen-bond acceptors (Lipinski definition) is 1. The minimum atomic E-state index is -4.32. The third kappa shape index (κ3) is 1.88. The molecule has 1 nitrogen and oxygen atoms in total. The third-order valence-corrected chi connectivity index (χ3v) is 4.78. The third-order valence-electron chi connectivity index (χ3n) is 4.78. The van der Waals surface area contributed by atoms with E-state index in [1.165, 1.54) is 12.1 Å². The molecule has 3 rings (SSSR count). The molecule has 19 heavy (non-hydrogen) atoms. The van der Waals surface area contributed by atoms with Crippen LogP contribution in [0.3, 0.4) is 0 Å². The SMILES string of the molecule is O=CC1CC1(c1cccc(C(F)(F)F)c1)C1CCC1. The van der Waals surface area contributed by atoms with Gasteiger partial charge in [-0.15, -0.1) is 0 Å². The van der Waals surface area contributed by atoms with Crippen molar-refractivity contribution in [1.82, 2.24) is 0 Å². The first kappa shape index (κ1) is 12.7. The maximum atomic E-state index is 12.8. The van der Waals surface area contributed by atoms with Crippen LogP contribution in [0, 0.1) is 11.8 Å². The standard InChI is InChI=1S/C15H15F3O/c16-15(17,18)12-6-2-5-11(7-12)14(8-13(14)9-19)10-3-1-4-10/h2,5-7,9-10,13H,1,3-4,8H2. The van der Waals surface area contributed by atoms with Crippen LogP contribution in [-0.2, 0) is 16.4 Å². The fraction of sp³-hybridized carbons (Fsp3) is 0.533. The molecule has 2 atom stereocenters. The van der Waals surface area contributed by atoms with Gasteiger partial charge in [0.25, 0.3) is 0 Å². The molecule has 2 unspecified atom stereocenters. The van der Waals surface area contributed by atoms with Crippen molar-refractivity contribution in [2.75, 3.05) is 0 Å². The molecule has 0 bridgehead atoms. The van der Waals surface area contributed by atoms with Gasteiger partial charge in [0.05, 0.1) is 5.56 Å². The number of aldehydes is 1. The van der Waals surface area contributed by atoms with Gasteiger partial charge in [-0.2, -0.15) is 13.2 Å². The van der Waals surface area contributed by atoms with Gasteiger partial charge < -0.3 is 4.79 Å². The molecule has 0 heterocycles. The van der Waals surface area contributed by atoms with Crippen LogP contribution in [0.1, 0.15) is 36.8 Å². The first-order valence-electron chi connectivity index (χ1n) is 6.61. The summed E-state index contributed by atoms with van der Waals surface area (Å²) >= 11 is 0. The summed E-state index contributed by atoms with van der Waals surface area (Å²) in [5, 5.41) is 0. The fourth-order valence-corrected chi connectivity index (χ4v) is 3.42. The Kier molecular flexibility index (Phi) is 2.73. The summed E-state index contributed by atoms with van der Waals surface area (Å²) in [6, 6.07) is 5.54. The van der Waals surface area contributed by atoms with Gasteiger partial charge >= 0.3 is 6.18 Å². The zero-order chi connectivity index (χ0) is 13.7. The number of rotatable bonds is 3. The van der Waals surface area contributed by atoms with Gasteiger partial charge in [0.15, 0.2) is 0 Å². The lowest BCUT2D eigenvalue weighted by atomic mass is 9.69. The monoisotopic (exact) mass is 268 g/mol. The molecule has 2 aliphatic rings. The van der Waals surface area contributed by atoms with Crippen molar-refractivity contribution in [3.05, 3.63) is 35.4 Å². The highest BCUT2D eigenvalue weighted by atomic mass is 19.4. The van der Waals surface area contributed by atoms with Crippen molar-refractivity contribution in [2.24, 2.45) is 11.8 Å². The Balaban J connectivity index is 1.98. The van der Waals surface area contributed by atoms with Gasteiger partial charge in [-0.05, 0) is 36.8 Å². The van der Waals surface area contributed by atoms with Gasteiger partial charge in [-0.3, -0.25) is 0 Å². The molecule has 0 aliphatic heterocycles. The van der Waals surface area contributed by atoms with Crippen molar-refractivity contribution >= 4 is 6.29 Å². The predicted molar refractivity (Wildman–Crippen MR) is 64.6 cm³/mol. The predicted octanol–water partition coefficient (Wildman–Crippen LogP) is 3.96. The molecule has 2 aliphatic carbocycles. The van der Waals surface area contributed by atoms with Gasteiger partial charge in [0.2, 0.25) is 0 Å². The first-order chi connectivity index (χ1) is 8.98. The van der Waals surface area contributed by atoms with E-state index in [0.717, 1.165) is 31.6 Å². The summed E-state index contributed by atoms with van der Waals surface area (Å²) in [5.74, 6) is 0.285. The molecule has 0 radical (unpaired) electrons. The van der Waals surface area contributed by atoms with Crippen molar-refractivity contribution in [3.8, 4) is 0 Å². The Morgan fingerprint density at radius 1 is 1.26 bits per heavy atom. The molecule has 1 aromatic carbocycles. The smallest absolute Gasteiger partial charge is 0.303 e. The molecule has 0 spiro atoms. The molecule has 0 saturated heterocycles. The zero-order valence-corrected chi connectivity index (χ0v) is 10.4. The highest BCUT2D eigenvalue weighted by Crippen LogP contribution is 2.63. The second-order valence-electron chi connectivity index (χ2n) is 5.69. The van der Waals surface area contributed by atoms with Crippen molar-refractivity contribution < 1.29 is 18.0 Å². The van der Waals surface area contributed by atoms with Crippen LogP contribution in [0.5, 0.6) is 0 Å². The van der Waals surface area contributed by atoms with Crippen molar-refractivity contribution in [2.45, 2.75) is 37.3 Å². The molecular formula is C15H15F3O. The molecule has 4 heteroatoms. The minimum Gasteiger partial charge on any atom is -0.303 e. The van der Waals surface area contributed by atoms with E-state index >= 15 is 0 Å². The van der Waals surface area contributed by atoms with E-state index in [1.807, 2.05) is 0 Å². The van der Waals surface area contributed by atoms with E-state index in [2.05, 4.69) is 0 Å². The van der Waals surface area contributed by atoms with E-state index in [0.29, 0.717) is 17.9 Å².